The molecule has 0 spiro atoms. The standard InChI is InChI=1S/C36H40F2N6O4/c1-3-25-28(37)9-8-23-6-5-7-26(30(23)25)32-31(38)33-27(18-39-32)34(44-14-17-47-20-24(19-44)40-29(45)4-2)42-35(41-33)48-22-36(10-11-36)21-43-12-15-46-16-13-43/h1,4,8-9,18,24,26H,2,5-7,10-17,19-22H2,(H,40,45)/t24?,26-/m0/s1. The average Bonchev–Trinajstić information content (AvgIpc) is 3.91. The van der Waals surface area contributed by atoms with Crippen molar-refractivity contribution in [2.24, 2.45) is 5.41 Å². The normalized spacial score (nSPS) is 22.3. The predicted molar refractivity (Wildman–Crippen MR) is 176 cm³/mol. The smallest absolute Gasteiger partial charge is 0.319 e. The number of terminal acetylenes is 1. The minimum absolute atomic E-state index is 0.0181. The molecule has 4 aliphatic rings. The molecule has 2 atom stereocenters. The summed E-state index contributed by atoms with van der Waals surface area (Å²) in [4.78, 5) is 30.6. The molecule has 2 aliphatic heterocycles. The second-order valence-electron chi connectivity index (χ2n) is 13.2. The lowest BCUT2D eigenvalue weighted by Gasteiger charge is -2.30. The van der Waals surface area contributed by atoms with Gasteiger partial charge >= 0.3 is 6.01 Å². The first-order chi connectivity index (χ1) is 23.4. The molecule has 0 bridgehead atoms. The van der Waals surface area contributed by atoms with E-state index in [0.717, 1.165) is 64.1 Å². The summed E-state index contributed by atoms with van der Waals surface area (Å²) in [6, 6.07) is 2.82. The Balaban J connectivity index is 1.27. The Morgan fingerprint density at radius 3 is 2.77 bits per heavy atom. The van der Waals surface area contributed by atoms with Crippen LogP contribution >= 0.6 is 0 Å². The van der Waals surface area contributed by atoms with Gasteiger partial charge in [-0.1, -0.05) is 18.6 Å². The number of fused-ring (bicyclic) bond motifs is 2. The second-order valence-corrected chi connectivity index (χ2v) is 13.2. The van der Waals surface area contributed by atoms with Crippen LogP contribution in [0.15, 0.2) is 31.0 Å². The molecule has 3 fully saturated rings. The number of aromatic nitrogens is 3. The summed E-state index contributed by atoms with van der Waals surface area (Å²) in [5.74, 6) is 0.980. The molecule has 2 saturated heterocycles. The zero-order chi connectivity index (χ0) is 33.3. The number of amides is 1. The van der Waals surface area contributed by atoms with Gasteiger partial charge in [0.2, 0.25) is 5.91 Å². The molecule has 2 aliphatic carbocycles. The first-order valence-electron chi connectivity index (χ1n) is 16.7. The Morgan fingerprint density at radius 1 is 1.19 bits per heavy atom. The molecule has 10 nitrogen and oxygen atoms in total. The highest BCUT2D eigenvalue weighted by molar-refractivity contribution is 5.90. The highest BCUT2D eigenvalue weighted by Crippen LogP contribution is 2.47. The van der Waals surface area contributed by atoms with Crippen molar-refractivity contribution in [1.29, 1.82) is 0 Å². The van der Waals surface area contributed by atoms with E-state index in [-0.39, 0.29) is 40.1 Å². The molecule has 1 aromatic carbocycles. The predicted octanol–water partition coefficient (Wildman–Crippen LogP) is 3.75. The number of nitrogens with one attached hydrogen (secondary N) is 1. The molecule has 1 amide bonds. The van der Waals surface area contributed by atoms with Gasteiger partial charge in [-0.2, -0.15) is 9.97 Å². The lowest BCUT2D eigenvalue weighted by atomic mass is 9.78. The Morgan fingerprint density at radius 2 is 2.00 bits per heavy atom. The second kappa shape index (κ2) is 13.7. The number of hydrogen-bond donors (Lipinski definition) is 1. The highest BCUT2D eigenvalue weighted by atomic mass is 19.1. The largest absolute Gasteiger partial charge is 0.463 e. The van der Waals surface area contributed by atoms with Crippen molar-refractivity contribution in [3.05, 3.63) is 65.0 Å². The molecule has 12 heteroatoms. The van der Waals surface area contributed by atoms with Crippen LogP contribution in [0.1, 0.15) is 54.0 Å². The van der Waals surface area contributed by atoms with E-state index in [1.165, 1.54) is 12.1 Å². The van der Waals surface area contributed by atoms with Gasteiger partial charge in [0.25, 0.3) is 0 Å². The number of benzene rings is 1. The van der Waals surface area contributed by atoms with Gasteiger partial charge in [0, 0.05) is 50.3 Å². The van der Waals surface area contributed by atoms with Crippen molar-refractivity contribution in [2.45, 2.75) is 44.1 Å². The number of pyridine rings is 1. The number of aryl methyl sites for hydroxylation is 1. The fraction of sp³-hybridized carbons (Fsp3) is 0.500. The van der Waals surface area contributed by atoms with E-state index >= 15 is 4.39 Å². The van der Waals surface area contributed by atoms with E-state index in [2.05, 4.69) is 32.7 Å². The molecular weight excluding hydrogens is 618 g/mol. The van der Waals surface area contributed by atoms with Gasteiger partial charge in [-0.15, -0.1) is 6.42 Å². The molecule has 2 aromatic heterocycles. The number of hydrogen-bond acceptors (Lipinski definition) is 9. The number of carbonyl (C=O) groups is 1. The number of nitrogens with zero attached hydrogens (tertiary/aromatic N) is 5. The van der Waals surface area contributed by atoms with Crippen LogP contribution in [-0.2, 0) is 20.7 Å². The first-order valence-corrected chi connectivity index (χ1v) is 16.7. The van der Waals surface area contributed by atoms with E-state index in [4.69, 9.17) is 25.6 Å². The quantitative estimate of drug-likeness (QED) is 0.272. The molecular formula is C36H40F2N6O4. The fourth-order valence-electron chi connectivity index (χ4n) is 7.22. The maximum atomic E-state index is 16.9. The monoisotopic (exact) mass is 658 g/mol. The van der Waals surface area contributed by atoms with Gasteiger partial charge in [-0.05, 0) is 55.4 Å². The number of ether oxygens (including phenoxy) is 3. The number of halogens is 2. The third-order valence-corrected chi connectivity index (χ3v) is 9.94. The topological polar surface area (TPSA) is 102 Å². The molecule has 0 radical (unpaired) electrons. The Labute approximate surface area is 278 Å². The van der Waals surface area contributed by atoms with Crippen molar-refractivity contribution >= 4 is 22.6 Å². The molecule has 252 valence electrons. The molecule has 1 saturated carbocycles. The van der Waals surface area contributed by atoms with Gasteiger partial charge < -0.3 is 24.4 Å². The average molecular weight is 659 g/mol. The van der Waals surface area contributed by atoms with Crippen molar-refractivity contribution in [2.75, 3.05) is 70.7 Å². The third-order valence-electron chi connectivity index (χ3n) is 9.94. The minimum Gasteiger partial charge on any atom is -0.463 e. The van der Waals surface area contributed by atoms with Gasteiger partial charge in [-0.25, -0.2) is 8.78 Å². The van der Waals surface area contributed by atoms with Crippen molar-refractivity contribution in [1.82, 2.24) is 25.2 Å². The summed E-state index contributed by atoms with van der Waals surface area (Å²) in [6.07, 6.45) is 12.7. The zero-order valence-electron chi connectivity index (χ0n) is 27.0. The summed E-state index contributed by atoms with van der Waals surface area (Å²) in [6.45, 7) is 9.53. The molecule has 4 heterocycles. The molecule has 1 unspecified atom stereocenters. The molecule has 48 heavy (non-hydrogen) atoms. The van der Waals surface area contributed by atoms with Crippen LogP contribution in [0.3, 0.4) is 0 Å². The summed E-state index contributed by atoms with van der Waals surface area (Å²) in [5.41, 5.74) is 1.89. The summed E-state index contributed by atoms with van der Waals surface area (Å²) in [5, 5.41) is 3.31. The Hall–Kier alpha value is -4.18. The van der Waals surface area contributed by atoms with Crippen molar-refractivity contribution < 1.29 is 27.8 Å². The fourth-order valence-corrected chi connectivity index (χ4v) is 7.22. The Kier molecular flexibility index (Phi) is 9.27. The Bertz CT molecular complexity index is 1750. The molecule has 3 aromatic rings. The number of rotatable bonds is 9. The van der Waals surface area contributed by atoms with E-state index in [9.17, 15) is 9.18 Å². The van der Waals surface area contributed by atoms with Crippen LogP contribution in [-0.4, -0.2) is 97.6 Å². The van der Waals surface area contributed by atoms with Crippen LogP contribution < -0.4 is 15.0 Å². The summed E-state index contributed by atoms with van der Waals surface area (Å²) >= 11 is 0. The first kappa shape index (κ1) is 32.4. The van der Waals surface area contributed by atoms with Crippen LogP contribution in [0.25, 0.3) is 10.9 Å². The maximum absolute atomic E-state index is 16.9. The summed E-state index contributed by atoms with van der Waals surface area (Å²) < 4.78 is 49.4. The van der Waals surface area contributed by atoms with Gasteiger partial charge in [0.05, 0.1) is 55.7 Å². The molecule has 7 rings (SSSR count). The molecule has 1 N–H and O–H groups in total. The number of carbonyl (C=O) groups excluding carboxylic acids is 1. The third kappa shape index (κ3) is 6.59. The van der Waals surface area contributed by atoms with Crippen molar-refractivity contribution in [3.63, 3.8) is 0 Å². The van der Waals surface area contributed by atoms with E-state index < -0.39 is 17.6 Å². The van der Waals surface area contributed by atoms with Gasteiger partial charge in [0.15, 0.2) is 5.82 Å². The zero-order valence-corrected chi connectivity index (χ0v) is 27.0. The van der Waals surface area contributed by atoms with Crippen LogP contribution in [0, 0.1) is 29.4 Å². The minimum atomic E-state index is -0.608. The maximum Gasteiger partial charge on any atom is 0.319 e. The highest BCUT2D eigenvalue weighted by Gasteiger charge is 2.45. The lowest BCUT2D eigenvalue weighted by molar-refractivity contribution is -0.117. The van der Waals surface area contributed by atoms with E-state index in [0.29, 0.717) is 56.1 Å². The lowest BCUT2D eigenvalue weighted by Crippen LogP contribution is -2.44. The number of morpholine rings is 1. The van der Waals surface area contributed by atoms with Crippen LogP contribution in [0.4, 0.5) is 14.6 Å². The van der Waals surface area contributed by atoms with E-state index in [1.54, 1.807) is 12.3 Å². The van der Waals surface area contributed by atoms with Gasteiger partial charge in [-0.3, -0.25) is 14.7 Å². The van der Waals surface area contributed by atoms with Crippen LogP contribution in [0.2, 0.25) is 0 Å². The SMILES string of the molecule is C#Cc1c(F)ccc2c1[C@@H](c1ncc3c(N4CCOCC(NC(=O)C=C)C4)nc(OCC4(CN5CCOCC5)CC4)nc3c1F)CCC2. The number of anilines is 1. The van der Waals surface area contributed by atoms with Crippen molar-refractivity contribution in [3.8, 4) is 18.4 Å². The van der Waals surface area contributed by atoms with E-state index in [1.807, 2.05) is 4.90 Å². The van der Waals surface area contributed by atoms with Gasteiger partial charge in [0.1, 0.15) is 17.2 Å². The van der Waals surface area contributed by atoms with Crippen LogP contribution in [0.5, 0.6) is 6.01 Å². The summed E-state index contributed by atoms with van der Waals surface area (Å²) in [7, 11) is 0.